The van der Waals surface area contributed by atoms with E-state index in [1.54, 1.807) is 48.7 Å². The lowest BCUT2D eigenvalue weighted by Crippen LogP contribution is -1.98. The molecule has 0 fully saturated rings. The minimum atomic E-state index is -0.896. The van der Waals surface area contributed by atoms with Crippen molar-refractivity contribution in [2.24, 2.45) is 0 Å². The first-order chi connectivity index (χ1) is 10.6. The van der Waals surface area contributed by atoms with Crippen LogP contribution in [0.3, 0.4) is 0 Å². The second-order valence-electron chi connectivity index (χ2n) is 4.48. The molecule has 1 aromatic heterocycles. The topological polar surface area (TPSA) is 36.7 Å². The molecule has 110 valence electrons. The lowest BCUT2D eigenvalue weighted by atomic mass is 10.1. The number of aromatic nitrogens is 1. The Labute approximate surface area is 127 Å². The minimum Gasteiger partial charge on any atom is -0.299 e. The summed E-state index contributed by atoms with van der Waals surface area (Å²) in [6.45, 7) is 3.68. The number of allylic oxidation sites excluding steroid dienone is 4. The maximum atomic E-state index is 13.1. The summed E-state index contributed by atoms with van der Waals surface area (Å²) < 4.78 is 26.0. The fourth-order valence-corrected chi connectivity index (χ4v) is 1.75. The van der Waals surface area contributed by atoms with Gasteiger partial charge < -0.3 is 0 Å². The molecule has 22 heavy (non-hydrogen) atoms. The maximum Gasteiger partial charge on any atom is 0.159 e. The molecule has 1 N–H and O–H groups in total. The third kappa shape index (κ3) is 4.06. The van der Waals surface area contributed by atoms with Crippen LogP contribution < -0.4 is 0 Å². The summed E-state index contributed by atoms with van der Waals surface area (Å²) in [6, 6.07) is 8.96. The molecular weight excluding hydrogens is 282 g/mol. The van der Waals surface area contributed by atoms with Gasteiger partial charge in [0.15, 0.2) is 11.6 Å². The molecular formula is C18H14F2N2. The number of halogens is 2. The Balaban J connectivity index is 2.19. The van der Waals surface area contributed by atoms with E-state index < -0.39 is 11.6 Å². The van der Waals surface area contributed by atoms with Crippen molar-refractivity contribution in [1.82, 2.24) is 4.98 Å². The van der Waals surface area contributed by atoms with Gasteiger partial charge in [-0.1, -0.05) is 36.9 Å². The molecule has 0 aliphatic rings. The smallest absolute Gasteiger partial charge is 0.159 e. The number of nitrogens with one attached hydrogen (secondary N) is 1. The molecule has 0 aliphatic carbocycles. The Morgan fingerprint density at radius 1 is 1.14 bits per heavy atom. The van der Waals surface area contributed by atoms with E-state index >= 15 is 0 Å². The van der Waals surface area contributed by atoms with Crippen LogP contribution in [0.25, 0.3) is 6.08 Å². The molecule has 1 heterocycles. The molecule has 0 saturated heterocycles. The van der Waals surface area contributed by atoms with Crippen LogP contribution >= 0.6 is 0 Å². The summed E-state index contributed by atoms with van der Waals surface area (Å²) in [6.07, 6.45) is 8.10. The van der Waals surface area contributed by atoms with Crippen LogP contribution in [-0.4, -0.2) is 10.7 Å². The number of hydrogen-bond acceptors (Lipinski definition) is 2. The van der Waals surface area contributed by atoms with Crippen LogP contribution in [0.1, 0.15) is 11.3 Å². The number of pyridine rings is 1. The van der Waals surface area contributed by atoms with Gasteiger partial charge in [-0.2, -0.15) is 0 Å². The van der Waals surface area contributed by atoms with Gasteiger partial charge in [0.1, 0.15) is 0 Å². The molecule has 0 amide bonds. The summed E-state index contributed by atoms with van der Waals surface area (Å²) in [5.74, 6) is -1.78. The van der Waals surface area contributed by atoms with Crippen LogP contribution in [0.5, 0.6) is 0 Å². The van der Waals surface area contributed by atoms with Crippen molar-refractivity contribution >= 4 is 11.8 Å². The SMILES string of the molecule is C=CC(/C=C\c1ccc(F)c(F)c1)=C\C(=N)c1ccccn1. The third-order valence-corrected chi connectivity index (χ3v) is 2.90. The van der Waals surface area contributed by atoms with E-state index in [1.807, 2.05) is 0 Å². The molecule has 0 aliphatic heterocycles. The van der Waals surface area contributed by atoms with Crippen LogP contribution in [0.4, 0.5) is 8.78 Å². The lowest BCUT2D eigenvalue weighted by molar-refractivity contribution is 0.508. The highest BCUT2D eigenvalue weighted by Gasteiger charge is 2.01. The average molecular weight is 296 g/mol. The maximum absolute atomic E-state index is 13.1. The van der Waals surface area contributed by atoms with E-state index in [4.69, 9.17) is 5.41 Å². The molecule has 2 rings (SSSR count). The zero-order valence-electron chi connectivity index (χ0n) is 11.8. The van der Waals surface area contributed by atoms with Crippen LogP contribution in [-0.2, 0) is 0 Å². The van der Waals surface area contributed by atoms with Gasteiger partial charge >= 0.3 is 0 Å². The lowest BCUT2D eigenvalue weighted by Gasteiger charge is -1.99. The van der Waals surface area contributed by atoms with E-state index in [0.29, 0.717) is 16.8 Å². The zero-order valence-corrected chi connectivity index (χ0v) is 11.8. The minimum absolute atomic E-state index is 0.241. The summed E-state index contributed by atoms with van der Waals surface area (Å²) in [7, 11) is 0. The Morgan fingerprint density at radius 3 is 2.59 bits per heavy atom. The van der Waals surface area contributed by atoms with Crippen LogP contribution in [0.2, 0.25) is 0 Å². The second kappa shape index (κ2) is 7.22. The van der Waals surface area contributed by atoms with Gasteiger partial charge in [0.25, 0.3) is 0 Å². The Kier molecular flexibility index (Phi) is 5.09. The first-order valence-electron chi connectivity index (χ1n) is 6.57. The largest absolute Gasteiger partial charge is 0.299 e. The molecule has 4 heteroatoms. The Morgan fingerprint density at radius 2 is 1.95 bits per heavy atom. The molecule has 0 unspecified atom stereocenters. The highest BCUT2D eigenvalue weighted by atomic mass is 19.2. The summed E-state index contributed by atoms with van der Waals surface area (Å²) in [5.41, 5.74) is 1.98. The molecule has 0 radical (unpaired) electrons. The van der Waals surface area contributed by atoms with Crippen molar-refractivity contribution in [2.45, 2.75) is 0 Å². The molecule has 2 aromatic rings. The van der Waals surface area contributed by atoms with Crippen molar-refractivity contribution in [3.63, 3.8) is 0 Å². The fraction of sp³-hybridized carbons (Fsp3) is 0. The van der Waals surface area contributed by atoms with Gasteiger partial charge in [0.05, 0.1) is 11.4 Å². The predicted octanol–water partition coefficient (Wildman–Crippen LogP) is 4.55. The molecule has 0 spiro atoms. The van der Waals surface area contributed by atoms with Gasteiger partial charge in [-0.05, 0) is 41.5 Å². The first-order valence-corrected chi connectivity index (χ1v) is 6.57. The normalized spacial score (nSPS) is 11.6. The van der Waals surface area contributed by atoms with E-state index in [9.17, 15) is 8.78 Å². The van der Waals surface area contributed by atoms with Gasteiger partial charge in [-0.15, -0.1) is 0 Å². The van der Waals surface area contributed by atoms with E-state index in [0.717, 1.165) is 12.1 Å². The van der Waals surface area contributed by atoms with Gasteiger partial charge in [0.2, 0.25) is 0 Å². The summed E-state index contributed by atoms with van der Waals surface area (Å²) in [4.78, 5) is 4.09. The monoisotopic (exact) mass is 296 g/mol. The molecule has 1 aromatic carbocycles. The van der Waals surface area contributed by atoms with Crippen molar-refractivity contribution in [1.29, 1.82) is 5.41 Å². The molecule has 0 saturated carbocycles. The van der Waals surface area contributed by atoms with Crippen molar-refractivity contribution in [3.05, 3.63) is 95.9 Å². The molecule has 0 bridgehead atoms. The average Bonchev–Trinajstić information content (AvgIpc) is 2.55. The van der Waals surface area contributed by atoms with Crippen molar-refractivity contribution < 1.29 is 8.78 Å². The summed E-state index contributed by atoms with van der Waals surface area (Å²) in [5, 5.41) is 7.98. The van der Waals surface area contributed by atoms with Gasteiger partial charge in [-0.25, -0.2) is 8.78 Å². The Bertz CT molecular complexity index is 747. The number of hydrogen-bond donors (Lipinski definition) is 1. The van der Waals surface area contributed by atoms with E-state index in [-0.39, 0.29) is 5.71 Å². The zero-order chi connectivity index (χ0) is 15.9. The van der Waals surface area contributed by atoms with Gasteiger partial charge in [0, 0.05) is 6.20 Å². The first kappa shape index (κ1) is 15.5. The van der Waals surface area contributed by atoms with Crippen LogP contribution in [0, 0.1) is 17.0 Å². The van der Waals surface area contributed by atoms with Crippen LogP contribution in [0.15, 0.2) is 73.0 Å². The Hall–Kier alpha value is -2.88. The van der Waals surface area contributed by atoms with Crippen molar-refractivity contribution in [3.8, 4) is 0 Å². The van der Waals surface area contributed by atoms with Gasteiger partial charge in [-0.3, -0.25) is 10.4 Å². The quantitative estimate of drug-likeness (QED) is 0.637. The molecule has 2 nitrogen and oxygen atoms in total. The van der Waals surface area contributed by atoms with E-state index in [1.165, 1.54) is 6.07 Å². The van der Waals surface area contributed by atoms with Crippen molar-refractivity contribution in [2.75, 3.05) is 0 Å². The standard InChI is InChI=1S/C18H14F2N2/c1-2-13(12-17(21)18-5-3-4-10-22-18)6-7-14-8-9-15(19)16(20)11-14/h2-12,21H,1H2/b7-6-,13-12+,21-17?. The van der Waals surface area contributed by atoms with E-state index in [2.05, 4.69) is 11.6 Å². The predicted molar refractivity (Wildman–Crippen MR) is 84.7 cm³/mol. The second-order valence-corrected chi connectivity index (χ2v) is 4.48. The molecule has 0 atom stereocenters. The highest BCUT2D eigenvalue weighted by Crippen LogP contribution is 2.12. The highest BCUT2D eigenvalue weighted by molar-refractivity contribution is 6.06. The number of nitrogens with zero attached hydrogens (tertiary/aromatic N) is 1. The number of rotatable bonds is 5. The fourth-order valence-electron chi connectivity index (χ4n) is 1.75. The number of benzene rings is 1. The summed E-state index contributed by atoms with van der Waals surface area (Å²) >= 11 is 0. The third-order valence-electron chi connectivity index (χ3n) is 2.90.